The first-order valence-electron chi connectivity index (χ1n) is 5.62. The van der Waals surface area contributed by atoms with E-state index >= 15 is 0 Å². The topological polar surface area (TPSA) is 24.1 Å². The molecule has 2 N–H and O–H groups in total. The summed E-state index contributed by atoms with van der Waals surface area (Å²) in [5.74, 6) is 0. The van der Waals surface area contributed by atoms with Gasteiger partial charge in [-0.15, -0.1) is 0 Å². The van der Waals surface area contributed by atoms with Crippen LogP contribution in [0.2, 0.25) is 0 Å². The van der Waals surface area contributed by atoms with Gasteiger partial charge in [0.15, 0.2) is 0 Å². The molecule has 0 atom stereocenters. The Morgan fingerprint density at radius 3 is 1.85 bits per heavy atom. The van der Waals surface area contributed by atoms with E-state index in [-0.39, 0.29) is 0 Å². The number of nitrogens with one attached hydrogen (secondary N) is 2. The Hall–Kier alpha value is -0.0800. The van der Waals surface area contributed by atoms with Crippen molar-refractivity contribution in [2.45, 2.75) is 41.0 Å². The van der Waals surface area contributed by atoms with Gasteiger partial charge >= 0.3 is 0 Å². The van der Waals surface area contributed by atoms with Crippen molar-refractivity contribution in [3.05, 3.63) is 0 Å². The van der Waals surface area contributed by atoms with Crippen molar-refractivity contribution in [2.24, 2.45) is 5.41 Å². The molecule has 0 aromatic carbocycles. The second-order valence-electron chi connectivity index (χ2n) is 3.27. The fraction of sp³-hybridized carbons (Fsp3) is 1.00. The van der Waals surface area contributed by atoms with Crippen LogP contribution in [-0.4, -0.2) is 26.7 Å². The molecular formula is C11H28N2. The van der Waals surface area contributed by atoms with E-state index in [1.165, 1.54) is 19.5 Å². The first kappa shape index (κ1) is 15.4. The van der Waals surface area contributed by atoms with Gasteiger partial charge in [-0.05, 0) is 25.4 Å². The average Bonchev–Trinajstić information content (AvgIpc) is 2.18. The van der Waals surface area contributed by atoms with Crippen LogP contribution in [0.4, 0.5) is 0 Å². The molecule has 1 rings (SSSR count). The quantitative estimate of drug-likeness (QED) is 0.710. The van der Waals surface area contributed by atoms with E-state index in [0.717, 1.165) is 6.54 Å². The first-order valence-corrected chi connectivity index (χ1v) is 5.62. The third-order valence-corrected chi connectivity index (χ3v) is 2.08. The SMILES string of the molecule is CC.CC.CNCCC1(C)CNC1. The molecule has 2 nitrogen and oxygen atoms in total. The maximum absolute atomic E-state index is 3.28. The molecule has 0 radical (unpaired) electrons. The molecule has 1 heterocycles. The average molecular weight is 188 g/mol. The van der Waals surface area contributed by atoms with Gasteiger partial charge in [0.2, 0.25) is 0 Å². The van der Waals surface area contributed by atoms with Crippen molar-refractivity contribution in [1.82, 2.24) is 10.6 Å². The maximum atomic E-state index is 3.28. The van der Waals surface area contributed by atoms with E-state index in [0.29, 0.717) is 5.41 Å². The number of hydrogen-bond donors (Lipinski definition) is 2. The molecule has 0 amide bonds. The van der Waals surface area contributed by atoms with Crippen LogP contribution < -0.4 is 10.6 Å². The molecule has 0 aliphatic carbocycles. The number of rotatable bonds is 3. The predicted molar refractivity (Wildman–Crippen MR) is 62.2 cm³/mol. The van der Waals surface area contributed by atoms with Gasteiger partial charge in [0.05, 0.1) is 0 Å². The Morgan fingerprint density at radius 2 is 1.62 bits per heavy atom. The molecule has 0 spiro atoms. The monoisotopic (exact) mass is 188 g/mol. The molecule has 1 aliphatic heterocycles. The summed E-state index contributed by atoms with van der Waals surface area (Å²) in [6, 6.07) is 0. The smallest absolute Gasteiger partial charge is 0.00180 e. The van der Waals surface area contributed by atoms with Crippen molar-refractivity contribution in [1.29, 1.82) is 0 Å². The van der Waals surface area contributed by atoms with E-state index in [9.17, 15) is 0 Å². The molecule has 0 bridgehead atoms. The van der Waals surface area contributed by atoms with Crippen molar-refractivity contribution in [3.63, 3.8) is 0 Å². The van der Waals surface area contributed by atoms with Gasteiger partial charge in [0.1, 0.15) is 0 Å². The summed E-state index contributed by atoms with van der Waals surface area (Å²) in [5.41, 5.74) is 0.600. The normalized spacial score (nSPS) is 17.1. The van der Waals surface area contributed by atoms with Crippen LogP contribution in [-0.2, 0) is 0 Å². The zero-order chi connectivity index (χ0) is 10.7. The molecule has 0 saturated carbocycles. The van der Waals surface area contributed by atoms with Gasteiger partial charge in [-0.3, -0.25) is 0 Å². The molecule has 1 saturated heterocycles. The third-order valence-electron chi connectivity index (χ3n) is 2.08. The van der Waals surface area contributed by atoms with Crippen LogP contribution in [0.5, 0.6) is 0 Å². The second kappa shape index (κ2) is 10.0. The van der Waals surface area contributed by atoms with Gasteiger partial charge in [0.25, 0.3) is 0 Å². The Bertz CT molecular complexity index is 88.1. The van der Waals surface area contributed by atoms with Crippen LogP contribution in [0, 0.1) is 5.41 Å². The fourth-order valence-corrected chi connectivity index (χ4v) is 1.16. The summed E-state index contributed by atoms with van der Waals surface area (Å²) >= 11 is 0. The minimum Gasteiger partial charge on any atom is -0.320 e. The summed E-state index contributed by atoms with van der Waals surface area (Å²) < 4.78 is 0. The predicted octanol–water partition coefficient (Wildman–Crippen LogP) is 2.26. The summed E-state index contributed by atoms with van der Waals surface area (Å²) in [7, 11) is 2.01. The minimum absolute atomic E-state index is 0.600. The van der Waals surface area contributed by atoms with E-state index in [1.54, 1.807) is 0 Å². The minimum atomic E-state index is 0.600. The highest BCUT2D eigenvalue weighted by atomic mass is 15.0. The molecule has 0 aromatic heterocycles. The molecule has 1 fully saturated rings. The van der Waals surface area contributed by atoms with E-state index in [1.807, 2.05) is 34.7 Å². The zero-order valence-corrected chi connectivity index (χ0v) is 10.3. The number of hydrogen-bond acceptors (Lipinski definition) is 2. The lowest BCUT2D eigenvalue weighted by atomic mass is 9.81. The molecule has 1 aliphatic rings. The van der Waals surface area contributed by atoms with Crippen LogP contribution in [0.1, 0.15) is 41.0 Å². The molecule has 2 heteroatoms. The van der Waals surface area contributed by atoms with Crippen LogP contribution in [0.3, 0.4) is 0 Å². The zero-order valence-electron chi connectivity index (χ0n) is 10.3. The maximum Gasteiger partial charge on any atom is 0.00180 e. The summed E-state index contributed by atoms with van der Waals surface area (Å²) in [4.78, 5) is 0. The lowest BCUT2D eigenvalue weighted by Crippen LogP contribution is -2.52. The molecule has 82 valence electrons. The van der Waals surface area contributed by atoms with E-state index in [2.05, 4.69) is 17.6 Å². The molecule has 0 aromatic rings. The highest BCUT2D eigenvalue weighted by Gasteiger charge is 2.30. The summed E-state index contributed by atoms with van der Waals surface area (Å²) in [6.45, 7) is 13.9. The molecule has 0 unspecified atom stereocenters. The lowest BCUT2D eigenvalue weighted by Gasteiger charge is -2.39. The third kappa shape index (κ3) is 7.03. The largest absolute Gasteiger partial charge is 0.320 e. The summed E-state index contributed by atoms with van der Waals surface area (Å²) in [5, 5.41) is 6.45. The summed E-state index contributed by atoms with van der Waals surface area (Å²) in [6.07, 6.45) is 1.30. The van der Waals surface area contributed by atoms with Crippen molar-refractivity contribution in [2.75, 3.05) is 26.7 Å². The lowest BCUT2D eigenvalue weighted by molar-refractivity contribution is 0.180. The van der Waals surface area contributed by atoms with Gasteiger partial charge in [0, 0.05) is 13.1 Å². The van der Waals surface area contributed by atoms with Gasteiger partial charge in [-0.25, -0.2) is 0 Å². The van der Waals surface area contributed by atoms with Crippen molar-refractivity contribution < 1.29 is 0 Å². The van der Waals surface area contributed by atoms with Gasteiger partial charge < -0.3 is 10.6 Å². The second-order valence-corrected chi connectivity index (χ2v) is 3.27. The Labute approximate surface area is 84.5 Å². The first-order chi connectivity index (χ1) is 6.27. The molecular weight excluding hydrogens is 160 g/mol. The van der Waals surface area contributed by atoms with Crippen LogP contribution >= 0.6 is 0 Å². The van der Waals surface area contributed by atoms with Gasteiger partial charge in [-0.1, -0.05) is 34.6 Å². The highest BCUT2D eigenvalue weighted by Crippen LogP contribution is 2.24. The van der Waals surface area contributed by atoms with Crippen molar-refractivity contribution in [3.8, 4) is 0 Å². The van der Waals surface area contributed by atoms with Crippen LogP contribution in [0.15, 0.2) is 0 Å². The fourth-order valence-electron chi connectivity index (χ4n) is 1.16. The van der Waals surface area contributed by atoms with E-state index in [4.69, 9.17) is 0 Å². The highest BCUT2D eigenvalue weighted by molar-refractivity contribution is 4.88. The Morgan fingerprint density at radius 1 is 1.15 bits per heavy atom. The van der Waals surface area contributed by atoms with E-state index < -0.39 is 0 Å². The Balaban J connectivity index is 0. The van der Waals surface area contributed by atoms with Gasteiger partial charge in [-0.2, -0.15) is 0 Å². The Kier molecular flexibility index (Phi) is 11.8. The molecule has 13 heavy (non-hydrogen) atoms. The van der Waals surface area contributed by atoms with Crippen LogP contribution in [0.25, 0.3) is 0 Å². The standard InChI is InChI=1S/C7H16N2.2C2H6/c1-7(3-4-8-2)5-9-6-7;2*1-2/h8-9H,3-6H2,1-2H3;2*1-2H3. The van der Waals surface area contributed by atoms with Crippen molar-refractivity contribution >= 4 is 0 Å².